The van der Waals surface area contributed by atoms with Crippen molar-refractivity contribution in [3.05, 3.63) is 72.4 Å². The maximum Gasteiger partial charge on any atom is 0.0828 e. The van der Waals surface area contributed by atoms with Crippen LogP contribution in [0.4, 0.5) is 0 Å². The van der Waals surface area contributed by atoms with Crippen molar-refractivity contribution in [1.82, 2.24) is 9.78 Å². The van der Waals surface area contributed by atoms with Crippen molar-refractivity contribution < 1.29 is 0 Å². The van der Waals surface area contributed by atoms with Gasteiger partial charge in [-0.25, -0.2) is 4.68 Å². The normalized spacial score (nSPS) is 11.9. The van der Waals surface area contributed by atoms with Crippen LogP contribution in [-0.4, -0.2) is 9.78 Å². The third kappa shape index (κ3) is 1.37. The summed E-state index contributed by atoms with van der Waals surface area (Å²) >= 11 is 0. The number of aromatic nitrogens is 2. The van der Waals surface area contributed by atoms with Gasteiger partial charge in [-0.15, -0.1) is 0 Å². The molecule has 22 heavy (non-hydrogen) atoms. The zero-order valence-corrected chi connectivity index (χ0v) is 12.2. The third-order valence-corrected chi connectivity index (χ3v) is 4.49. The number of benzene rings is 3. The topological polar surface area (TPSA) is 17.8 Å². The highest BCUT2D eigenvalue weighted by Crippen LogP contribution is 2.49. The predicted molar refractivity (Wildman–Crippen MR) is 90.2 cm³/mol. The lowest BCUT2D eigenvalue weighted by Gasteiger charge is -2.07. The summed E-state index contributed by atoms with van der Waals surface area (Å²) in [5, 5.41) is 7.45. The van der Waals surface area contributed by atoms with E-state index in [0.29, 0.717) is 0 Å². The molecule has 0 fully saturated rings. The number of hydrogen-bond donors (Lipinski definition) is 0. The molecule has 0 N–H and O–H groups in total. The molecule has 0 bridgehead atoms. The van der Waals surface area contributed by atoms with Crippen LogP contribution in [0.3, 0.4) is 0 Å². The van der Waals surface area contributed by atoms with Gasteiger partial charge in [0.25, 0.3) is 0 Å². The number of para-hydroxylation sites is 1. The van der Waals surface area contributed by atoms with Gasteiger partial charge in [0.1, 0.15) is 0 Å². The molecule has 0 aliphatic heterocycles. The van der Waals surface area contributed by atoms with Crippen molar-refractivity contribution in [3.63, 3.8) is 0 Å². The summed E-state index contributed by atoms with van der Waals surface area (Å²) in [6.45, 7) is 2.10. The molecule has 1 aliphatic rings. The molecule has 1 aromatic heterocycles. The Hall–Kier alpha value is -2.87. The van der Waals surface area contributed by atoms with Gasteiger partial charge in [0, 0.05) is 11.1 Å². The molecule has 2 nitrogen and oxygen atoms in total. The number of hydrogen-bond acceptors (Lipinski definition) is 1. The molecule has 3 aromatic carbocycles. The van der Waals surface area contributed by atoms with E-state index < -0.39 is 0 Å². The van der Waals surface area contributed by atoms with Crippen LogP contribution in [-0.2, 0) is 0 Å². The number of nitrogens with zero attached hydrogens (tertiary/aromatic N) is 2. The molecule has 4 aromatic rings. The third-order valence-electron chi connectivity index (χ3n) is 4.49. The summed E-state index contributed by atoms with van der Waals surface area (Å²) in [7, 11) is 0. The largest absolute Gasteiger partial charge is 0.232 e. The first-order valence-corrected chi connectivity index (χ1v) is 7.52. The molecule has 2 heteroatoms. The van der Waals surface area contributed by atoms with Gasteiger partial charge >= 0.3 is 0 Å². The van der Waals surface area contributed by atoms with Gasteiger partial charge in [0.05, 0.1) is 17.1 Å². The summed E-state index contributed by atoms with van der Waals surface area (Å²) in [4.78, 5) is 0. The second-order valence-corrected chi connectivity index (χ2v) is 5.77. The summed E-state index contributed by atoms with van der Waals surface area (Å²) in [5.74, 6) is 0. The smallest absolute Gasteiger partial charge is 0.0828 e. The Balaban J connectivity index is 1.93. The number of fused-ring (bicyclic) bond motifs is 3. The highest BCUT2D eigenvalue weighted by molar-refractivity contribution is 6.15. The maximum absolute atomic E-state index is 4.81. The maximum atomic E-state index is 4.81. The van der Waals surface area contributed by atoms with E-state index in [1.165, 1.54) is 33.2 Å². The van der Waals surface area contributed by atoms with E-state index in [2.05, 4.69) is 72.3 Å². The van der Waals surface area contributed by atoms with Crippen LogP contribution in [0.15, 0.2) is 66.7 Å². The average molecular weight is 282 g/mol. The first-order chi connectivity index (χ1) is 10.8. The fraction of sp³-hybridized carbons (Fsp3) is 0.0500. The molecule has 0 unspecified atom stereocenters. The quantitative estimate of drug-likeness (QED) is 0.424. The van der Waals surface area contributed by atoms with E-state index in [0.717, 1.165) is 11.4 Å². The molecular weight excluding hydrogens is 268 g/mol. The SMILES string of the molecule is Cc1nn(-c2ccccc2)c2c1-c1cccc3cccc-2c13. The van der Waals surface area contributed by atoms with E-state index in [1.807, 2.05) is 6.07 Å². The van der Waals surface area contributed by atoms with Gasteiger partial charge in [-0.05, 0) is 35.4 Å². The molecule has 0 amide bonds. The van der Waals surface area contributed by atoms with Crippen LogP contribution in [0.5, 0.6) is 0 Å². The molecule has 1 aliphatic carbocycles. The van der Waals surface area contributed by atoms with Crippen molar-refractivity contribution in [2.24, 2.45) is 0 Å². The summed E-state index contributed by atoms with van der Waals surface area (Å²) < 4.78 is 2.08. The molecule has 5 rings (SSSR count). The lowest BCUT2D eigenvalue weighted by atomic mass is 10.0. The Morgan fingerprint density at radius 2 is 1.50 bits per heavy atom. The van der Waals surface area contributed by atoms with Crippen LogP contribution in [0.25, 0.3) is 38.8 Å². The first-order valence-electron chi connectivity index (χ1n) is 7.52. The lowest BCUT2D eigenvalue weighted by Crippen LogP contribution is -1.98. The molecule has 0 spiro atoms. The van der Waals surface area contributed by atoms with Gasteiger partial charge in [-0.1, -0.05) is 54.6 Å². The molecule has 0 saturated heterocycles. The summed E-state index contributed by atoms with van der Waals surface area (Å²) in [6, 6.07) is 23.4. The van der Waals surface area contributed by atoms with Crippen LogP contribution in [0.1, 0.15) is 5.69 Å². The molecule has 104 valence electrons. The van der Waals surface area contributed by atoms with Crippen molar-refractivity contribution >= 4 is 10.8 Å². The van der Waals surface area contributed by atoms with E-state index in [1.54, 1.807) is 0 Å². The van der Waals surface area contributed by atoms with Crippen molar-refractivity contribution in [2.75, 3.05) is 0 Å². The van der Waals surface area contributed by atoms with Crippen molar-refractivity contribution in [1.29, 1.82) is 0 Å². The Bertz CT molecular complexity index is 1020. The number of rotatable bonds is 1. The van der Waals surface area contributed by atoms with E-state index in [4.69, 9.17) is 5.10 Å². The minimum absolute atomic E-state index is 1.09. The predicted octanol–water partition coefficient (Wildman–Crippen LogP) is 4.98. The van der Waals surface area contributed by atoms with Crippen LogP contribution < -0.4 is 0 Å². The van der Waals surface area contributed by atoms with Gasteiger partial charge in [0.15, 0.2) is 0 Å². The van der Waals surface area contributed by atoms with Crippen LogP contribution in [0.2, 0.25) is 0 Å². The summed E-state index contributed by atoms with van der Waals surface area (Å²) in [5.41, 5.74) is 7.28. The second-order valence-electron chi connectivity index (χ2n) is 5.77. The standard InChI is InChI=1S/C20H14N2/c1-13-18-16-11-5-7-14-8-6-12-17(19(14)16)20(18)22(21-13)15-9-3-2-4-10-15/h2-12H,1H3. The van der Waals surface area contributed by atoms with Crippen LogP contribution >= 0.6 is 0 Å². The average Bonchev–Trinajstić information content (AvgIpc) is 3.08. The lowest BCUT2D eigenvalue weighted by molar-refractivity contribution is 0.870. The van der Waals surface area contributed by atoms with Gasteiger partial charge in [-0.2, -0.15) is 5.10 Å². The second kappa shape index (κ2) is 4.08. The Labute approximate surface area is 128 Å². The van der Waals surface area contributed by atoms with Crippen LogP contribution in [0, 0.1) is 6.92 Å². The molecule has 1 heterocycles. The minimum Gasteiger partial charge on any atom is -0.232 e. The van der Waals surface area contributed by atoms with E-state index >= 15 is 0 Å². The first kappa shape index (κ1) is 11.8. The van der Waals surface area contributed by atoms with E-state index in [9.17, 15) is 0 Å². The molecule has 0 atom stereocenters. The molecule has 0 radical (unpaired) electrons. The minimum atomic E-state index is 1.09. The molecule has 0 saturated carbocycles. The number of aryl methyl sites for hydroxylation is 1. The Morgan fingerprint density at radius 3 is 2.27 bits per heavy atom. The van der Waals surface area contributed by atoms with Crippen molar-refractivity contribution in [3.8, 4) is 28.1 Å². The van der Waals surface area contributed by atoms with Gasteiger partial charge < -0.3 is 0 Å². The Morgan fingerprint density at radius 1 is 0.773 bits per heavy atom. The monoisotopic (exact) mass is 282 g/mol. The highest BCUT2D eigenvalue weighted by atomic mass is 15.3. The van der Waals surface area contributed by atoms with Gasteiger partial charge in [-0.3, -0.25) is 0 Å². The van der Waals surface area contributed by atoms with Crippen molar-refractivity contribution in [2.45, 2.75) is 6.92 Å². The zero-order valence-electron chi connectivity index (χ0n) is 12.2. The fourth-order valence-corrected chi connectivity index (χ4v) is 3.60. The van der Waals surface area contributed by atoms with Gasteiger partial charge in [0.2, 0.25) is 0 Å². The highest BCUT2D eigenvalue weighted by Gasteiger charge is 2.28. The fourth-order valence-electron chi connectivity index (χ4n) is 3.60. The Kier molecular flexibility index (Phi) is 2.18. The zero-order chi connectivity index (χ0) is 14.7. The van der Waals surface area contributed by atoms with E-state index in [-0.39, 0.29) is 0 Å². The molecular formula is C20H14N2. The summed E-state index contributed by atoms with van der Waals surface area (Å²) in [6.07, 6.45) is 0.